The van der Waals surface area contributed by atoms with Crippen molar-refractivity contribution in [1.29, 1.82) is 0 Å². The van der Waals surface area contributed by atoms with E-state index in [1.54, 1.807) is 11.3 Å². The van der Waals surface area contributed by atoms with Crippen LogP contribution in [0, 0.1) is 0 Å². The maximum absolute atomic E-state index is 4.31. The minimum Gasteiger partial charge on any atom is -0.314 e. The Labute approximate surface area is 101 Å². The van der Waals surface area contributed by atoms with E-state index >= 15 is 0 Å². The van der Waals surface area contributed by atoms with Crippen molar-refractivity contribution in [2.24, 2.45) is 0 Å². The number of nitrogens with one attached hydrogen (secondary N) is 2. The smallest absolute Gasteiger partial charge is 0.109 e. The van der Waals surface area contributed by atoms with Crippen LogP contribution in [0.3, 0.4) is 0 Å². The predicted octanol–water partition coefficient (Wildman–Crippen LogP) is 0.699. The number of rotatable bonds is 5. The molecule has 1 unspecified atom stereocenters. The zero-order valence-corrected chi connectivity index (χ0v) is 10.6. The van der Waals surface area contributed by atoms with Gasteiger partial charge in [0.25, 0.3) is 0 Å². The first-order chi connectivity index (χ1) is 7.86. The van der Waals surface area contributed by atoms with Crippen molar-refractivity contribution in [2.75, 3.05) is 39.3 Å². The van der Waals surface area contributed by atoms with E-state index in [2.05, 4.69) is 27.4 Å². The van der Waals surface area contributed by atoms with E-state index in [4.69, 9.17) is 0 Å². The van der Waals surface area contributed by atoms with E-state index < -0.39 is 0 Å². The van der Waals surface area contributed by atoms with E-state index in [1.807, 2.05) is 11.6 Å². The molecule has 5 heteroatoms. The van der Waals surface area contributed by atoms with Crippen LogP contribution in [0.1, 0.15) is 18.0 Å². The van der Waals surface area contributed by atoms with Gasteiger partial charge in [0.05, 0.1) is 6.04 Å². The van der Waals surface area contributed by atoms with Gasteiger partial charge in [0, 0.05) is 50.8 Å². The van der Waals surface area contributed by atoms with Crippen molar-refractivity contribution in [3.05, 3.63) is 16.6 Å². The Bertz CT molecular complexity index is 282. The summed E-state index contributed by atoms with van der Waals surface area (Å²) >= 11 is 1.72. The summed E-state index contributed by atoms with van der Waals surface area (Å²) in [6, 6.07) is 0.378. The standard InChI is InChI=1S/C11H20N4S/c1-10(11-14-5-9-16-11)13-4-8-15-6-2-12-3-7-15/h5,9-10,12-13H,2-4,6-8H2,1H3. The largest absolute Gasteiger partial charge is 0.314 e. The minimum atomic E-state index is 0.378. The van der Waals surface area contributed by atoms with Crippen LogP contribution >= 0.6 is 11.3 Å². The molecule has 0 spiro atoms. The molecule has 90 valence electrons. The SMILES string of the molecule is CC(NCCN1CCNCC1)c1nccs1. The highest BCUT2D eigenvalue weighted by molar-refractivity contribution is 7.09. The predicted molar refractivity (Wildman–Crippen MR) is 67.8 cm³/mol. The zero-order valence-electron chi connectivity index (χ0n) is 9.78. The second-order valence-corrected chi connectivity index (χ2v) is 5.06. The highest BCUT2D eigenvalue weighted by Crippen LogP contribution is 2.13. The molecule has 2 N–H and O–H groups in total. The summed E-state index contributed by atoms with van der Waals surface area (Å²) < 4.78 is 0. The number of hydrogen-bond acceptors (Lipinski definition) is 5. The van der Waals surface area contributed by atoms with Crippen LogP contribution in [-0.4, -0.2) is 49.2 Å². The van der Waals surface area contributed by atoms with E-state index in [-0.39, 0.29) is 0 Å². The lowest BCUT2D eigenvalue weighted by Crippen LogP contribution is -2.45. The van der Waals surface area contributed by atoms with Crippen LogP contribution in [0.25, 0.3) is 0 Å². The van der Waals surface area contributed by atoms with E-state index in [9.17, 15) is 0 Å². The third kappa shape index (κ3) is 3.52. The third-order valence-electron chi connectivity index (χ3n) is 2.91. The van der Waals surface area contributed by atoms with Gasteiger partial charge in [-0.1, -0.05) is 0 Å². The molecule has 1 aromatic heterocycles. The molecule has 16 heavy (non-hydrogen) atoms. The molecule has 0 aromatic carbocycles. The summed E-state index contributed by atoms with van der Waals surface area (Å²) in [5, 5.41) is 10.1. The Hall–Kier alpha value is -0.490. The molecule has 0 bridgehead atoms. The van der Waals surface area contributed by atoms with Crippen LogP contribution in [0.5, 0.6) is 0 Å². The molecule has 0 aliphatic carbocycles. The lowest BCUT2D eigenvalue weighted by atomic mass is 10.3. The monoisotopic (exact) mass is 240 g/mol. The van der Waals surface area contributed by atoms with Crippen LogP contribution in [-0.2, 0) is 0 Å². The fourth-order valence-corrected chi connectivity index (χ4v) is 2.58. The quantitative estimate of drug-likeness (QED) is 0.795. The van der Waals surface area contributed by atoms with Crippen LogP contribution in [0.2, 0.25) is 0 Å². The first-order valence-electron chi connectivity index (χ1n) is 5.92. The van der Waals surface area contributed by atoms with Gasteiger partial charge >= 0.3 is 0 Å². The van der Waals surface area contributed by atoms with Gasteiger partial charge in [-0.25, -0.2) is 4.98 Å². The fourth-order valence-electron chi connectivity index (χ4n) is 1.91. The van der Waals surface area contributed by atoms with Gasteiger partial charge in [0.15, 0.2) is 0 Å². The molecule has 2 rings (SSSR count). The van der Waals surface area contributed by atoms with Gasteiger partial charge in [-0.15, -0.1) is 11.3 Å². The maximum atomic E-state index is 4.31. The highest BCUT2D eigenvalue weighted by atomic mass is 32.1. The summed E-state index contributed by atoms with van der Waals surface area (Å²) in [4.78, 5) is 6.81. The highest BCUT2D eigenvalue weighted by Gasteiger charge is 2.10. The molecule has 1 aliphatic heterocycles. The van der Waals surface area contributed by atoms with Crippen molar-refractivity contribution in [3.63, 3.8) is 0 Å². The molecule has 1 aliphatic rings. The van der Waals surface area contributed by atoms with Crippen LogP contribution < -0.4 is 10.6 Å². The van der Waals surface area contributed by atoms with E-state index in [0.717, 1.165) is 26.2 Å². The number of piperazine rings is 1. The summed E-state index contributed by atoms with van der Waals surface area (Å²) in [7, 11) is 0. The van der Waals surface area contributed by atoms with Crippen molar-refractivity contribution < 1.29 is 0 Å². The number of aromatic nitrogens is 1. The average molecular weight is 240 g/mol. The van der Waals surface area contributed by atoms with Crippen LogP contribution in [0.15, 0.2) is 11.6 Å². The van der Waals surface area contributed by atoms with Crippen molar-refractivity contribution in [1.82, 2.24) is 20.5 Å². The molecule has 1 aromatic rings. The Morgan fingerprint density at radius 2 is 2.38 bits per heavy atom. The van der Waals surface area contributed by atoms with Gasteiger partial charge in [-0.2, -0.15) is 0 Å². The third-order valence-corrected chi connectivity index (χ3v) is 3.87. The minimum absolute atomic E-state index is 0.378. The summed E-state index contributed by atoms with van der Waals surface area (Å²) in [5.41, 5.74) is 0. The van der Waals surface area contributed by atoms with Gasteiger partial charge in [-0.3, -0.25) is 4.90 Å². The normalized spacial score (nSPS) is 19.8. The Kier molecular flexibility index (Phi) is 4.71. The zero-order chi connectivity index (χ0) is 11.2. The molecule has 4 nitrogen and oxygen atoms in total. The fraction of sp³-hybridized carbons (Fsp3) is 0.727. The first-order valence-corrected chi connectivity index (χ1v) is 6.80. The second kappa shape index (κ2) is 6.30. The molecular weight excluding hydrogens is 220 g/mol. The number of nitrogens with zero attached hydrogens (tertiary/aromatic N) is 2. The molecular formula is C11H20N4S. The molecule has 1 atom stereocenters. The summed E-state index contributed by atoms with van der Waals surface area (Å²) in [6.07, 6.45) is 1.87. The summed E-state index contributed by atoms with van der Waals surface area (Å²) in [6.45, 7) is 8.96. The second-order valence-electron chi connectivity index (χ2n) is 4.14. The van der Waals surface area contributed by atoms with E-state index in [1.165, 1.54) is 18.1 Å². The molecule has 2 heterocycles. The molecule has 0 saturated carbocycles. The average Bonchev–Trinajstić information content (AvgIpc) is 2.84. The Morgan fingerprint density at radius 1 is 1.56 bits per heavy atom. The lowest BCUT2D eigenvalue weighted by molar-refractivity contribution is 0.238. The van der Waals surface area contributed by atoms with Crippen LogP contribution in [0.4, 0.5) is 0 Å². The molecule has 1 saturated heterocycles. The topological polar surface area (TPSA) is 40.2 Å². The molecule has 0 radical (unpaired) electrons. The lowest BCUT2D eigenvalue weighted by Gasteiger charge is -2.27. The molecule has 1 fully saturated rings. The van der Waals surface area contributed by atoms with Gasteiger partial charge in [-0.05, 0) is 6.92 Å². The first kappa shape index (κ1) is 12.0. The van der Waals surface area contributed by atoms with Crippen molar-refractivity contribution in [3.8, 4) is 0 Å². The van der Waals surface area contributed by atoms with Crippen molar-refractivity contribution >= 4 is 11.3 Å². The summed E-state index contributed by atoms with van der Waals surface area (Å²) in [5.74, 6) is 0. The van der Waals surface area contributed by atoms with Crippen molar-refractivity contribution in [2.45, 2.75) is 13.0 Å². The maximum Gasteiger partial charge on any atom is 0.109 e. The number of thiazole rings is 1. The van der Waals surface area contributed by atoms with Gasteiger partial charge in [0.1, 0.15) is 5.01 Å². The number of hydrogen-bond donors (Lipinski definition) is 2. The Balaban J connectivity index is 1.63. The van der Waals surface area contributed by atoms with Gasteiger partial charge in [0.2, 0.25) is 0 Å². The van der Waals surface area contributed by atoms with E-state index in [0.29, 0.717) is 6.04 Å². The van der Waals surface area contributed by atoms with Gasteiger partial charge < -0.3 is 10.6 Å². The molecule has 0 amide bonds. The Morgan fingerprint density at radius 3 is 3.06 bits per heavy atom.